The van der Waals surface area contributed by atoms with Crippen LogP contribution in [0.5, 0.6) is 5.75 Å². The summed E-state index contributed by atoms with van der Waals surface area (Å²) in [6.07, 6.45) is 3.39. The third-order valence-corrected chi connectivity index (χ3v) is 8.72. The van der Waals surface area contributed by atoms with Crippen molar-refractivity contribution in [2.24, 2.45) is 5.92 Å². The third kappa shape index (κ3) is 5.92. The first kappa shape index (κ1) is 29.3. The highest BCUT2D eigenvalue weighted by atomic mass is 32.2. The molecule has 11 nitrogen and oxygen atoms in total. The fourth-order valence-corrected chi connectivity index (χ4v) is 6.34. The van der Waals surface area contributed by atoms with Gasteiger partial charge in [-0.25, -0.2) is 17.9 Å². The fraction of sp³-hybridized carbons (Fsp3) is 0.500. The van der Waals surface area contributed by atoms with E-state index in [1.807, 2.05) is 6.92 Å². The lowest BCUT2D eigenvalue weighted by atomic mass is 9.95. The summed E-state index contributed by atoms with van der Waals surface area (Å²) in [6.45, 7) is 5.96. The van der Waals surface area contributed by atoms with E-state index in [0.717, 1.165) is 4.68 Å². The molecular formula is C26H35N3O8S. The van der Waals surface area contributed by atoms with Gasteiger partial charge in [-0.3, -0.25) is 15.0 Å². The van der Waals surface area contributed by atoms with Gasteiger partial charge in [-0.2, -0.15) is 4.31 Å². The number of benzene rings is 1. The van der Waals surface area contributed by atoms with Gasteiger partial charge in [0.1, 0.15) is 5.75 Å². The largest absolute Gasteiger partial charge is 0.493 e. The van der Waals surface area contributed by atoms with Crippen molar-refractivity contribution in [3.05, 3.63) is 46.3 Å². The Hall–Kier alpha value is -3.22. The maximum absolute atomic E-state index is 13.5. The highest BCUT2D eigenvalue weighted by molar-refractivity contribution is 7.89. The fourth-order valence-electron chi connectivity index (χ4n) is 4.85. The minimum Gasteiger partial charge on any atom is -0.493 e. The second kappa shape index (κ2) is 12.5. The number of aldehydes is 1. The van der Waals surface area contributed by atoms with Crippen LogP contribution in [0, 0.1) is 12.8 Å². The number of carboxylic acids is 1. The summed E-state index contributed by atoms with van der Waals surface area (Å²) < 4.78 is 34.9. The Bertz CT molecular complexity index is 1290. The number of aromatic carboxylic acids is 1. The number of carboxylic acid groups (broad SMARTS) is 1. The lowest BCUT2D eigenvalue weighted by molar-refractivity contribution is 0.0685. The number of sulfonamides is 1. The van der Waals surface area contributed by atoms with E-state index in [9.17, 15) is 33.0 Å². The first-order chi connectivity index (χ1) is 18.1. The first-order valence-electron chi connectivity index (χ1n) is 12.7. The molecule has 0 atom stereocenters. The molecule has 1 fully saturated rings. The number of ether oxygens (including phenoxy) is 1. The number of rotatable bonds is 12. The molecule has 0 saturated carbocycles. The Morgan fingerprint density at radius 1 is 1.21 bits per heavy atom. The van der Waals surface area contributed by atoms with Gasteiger partial charge in [0.15, 0.2) is 12.0 Å². The third-order valence-electron chi connectivity index (χ3n) is 6.83. The van der Waals surface area contributed by atoms with Crippen LogP contribution in [0.1, 0.15) is 82.0 Å². The van der Waals surface area contributed by atoms with Crippen LogP contribution in [-0.2, 0) is 16.4 Å². The molecule has 3 N–H and O–H groups in total. The van der Waals surface area contributed by atoms with Crippen LogP contribution < -0.4 is 10.2 Å². The van der Waals surface area contributed by atoms with Gasteiger partial charge in [-0.05, 0) is 69.2 Å². The second-order valence-corrected chi connectivity index (χ2v) is 11.2. The normalized spacial score (nSPS) is 14.8. The van der Waals surface area contributed by atoms with Crippen molar-refractivity contribution in [1.29, 1.82) is 0 Å². The molecule has 38 heavy (non-hydrogen) atoms. The average molecular weight is 550 g/mol. The average Bonchev–Trinajstić information content (AvgIpc) is 3.15. The minimum absolute atomic E-state index is 0.0631. The van der Waals surface area contributed by atoms with Crippen LogP contribution in [0.15, 0.2) is 23.1 Å². The molecule has 0 unspecified atom stereocenters. The number of hydrogen-bond donors (Lipinski definition) is 3. The molecule has 1 aliphatic rings. The summed E-state index contributed by atoms with van der Waals surface area (Å²) in [5.74, 6) is -1.70. The Morgan fingerprint density at radius 2 is 1.89 bits per heavy atom. The van der Waals surface area contributed by atoms with Crippen LogP contribution >= 0.6 is 0 Å². The van der Waals surface area contributed by atoms with Gasteiger partial charge in [-0.1, -0.05) is 13.3 Å². The van der Waals surface area contributed by atoms with E-state index in [1.165, 1.54) is 29.4 Å². The van der Waals surface area contributed by atoms with Crippen molar-refractivity contribution in [2.45, 2.75) is 57.8 Å². The van der Waals surface area contributed by atoms with Crippen LogP contribution in [0.25, 0.3) is 0 Å². The van der Waals surface area contributed by atoms with E-state index >= 15 is 0 Å². The van der Waals surface area contributed by atoms with E-state index < -0.39 is 21.9 Å². The van der Waals surface area contributed by atoms with E-state index in [4.69, 9.17) is 4.74 Å². The lowest BCUT2D eigenvalue weighted by Crippen LogP contribution is -2.38. The minimum atomic E-state index is -3.92. The molecule has 0 spiro atoms. The summed E-state index contributed by atoms with van der Waals surface area (Å²) in [6, 6.07) is 4.02. The highest BCUT2D eigenvalue weighted by Gasteiger charge is 2.31. The molecule has 3 rings (SSSR count). The van der Waals surface area contributed by atoms with Crippen molar-refractivity contribution in [3.8, 4) is 5.75 Å². The second-order valence-electron chi connectivity index (χ2n) is 9.23. The lowest BCUT2D eigenvalue weighted by Gasteiger charge is -2.31. The SMILES string of the molecule is CCCc1c(C=O)c(C)c(C(=O)O)n1NC(=O)c1cc(S(=O)(=O)N2CCC(CCO)CC2)ccc1OCC. The van der Waals surface area contributed by atoms with Crippen LogP contribution in [0.3, 0.4) is 0 Å². The number of nitrogens with zero attached hydrogens (tertiary/aromatic N) is 2. The van der Waals surface area contributed by atoms with Crippen molar-refractivity contribution in [1.82, 2.24) is 8.98 Å². The van der Waals surface area contributed by atoms with Gasteiger partial charge < -0.3 is 14.9 Å². The zero-order valence-electron chi connectivity index (χ0n) is 21.9. The van der Waals surface area contributed by atoms with Crippen molar-refractivity contribution >= 4 is 28.2 Å². The number of carbonyl (C=O) groups excluding carboxylic acids is 2. The van der Waals surface area contributed by atoms with Gasteiger partial charge in [0.25, 0.3) is 5.91 Å². The van der Waals surface area contributed by atoms with Gasteiger partial charge in [0, 0.05) is 25.3 Å². The molecule has 1 aliphatic heterocycles. The zero-order chi connectivity index (χ0) is 28.0. The van der Waals surface area contributed by atoms with Crippen molar-refractivity contribution in [2.75, 3.05) is 31.7 Å². The molecule has 1 saturated heterocycles. The molecule has 2 aromatic rings. The summed E-state index contributed by atoms with van der Waals surface area (Å²) >= 11 is 0. The summed E-state index contributed by atoms with van der Waals surface area (Å²) in [4.78, 5) is 37.2. The number of amides is 1. The smallest absolute Gasteiger partial charge is 0.354 e. The number of aromatic nitrogens is 1. The molecule has 0 bridgehead atoms. The topological polar surface area (TPSA) is 155 Å². The monoisotopic (exact) mass is 549 g/mol. The summed E-state index contributed by atoms with van der Waals surface area (Å²) in [5, 5.41) is 19.0. The number of nitrogens with one attached hydrogen (secondary N) is 1. The van der Waals surface area contributed by atoms with E-state index in [2.05, 4.69) is 5.43 Å². The van der Waals surface area contributed by atoms with E-state index in [-0.39, 0.29) is 52.2 Å². The Morgan fingerprint density at radius 3 is 2.45 bits per heavy atom. The number of hydrogen-bond acceptors (Lipinski definition) is 7. The number of piperidine rings is 1. The first-order valence-corrected chi connectivity index (χ1v) is 14.2. The molecule has 1 amide bonds. The molecule has 12 heteroatoms. The van der Waals surface area contributed by atoms with Gasteiger partial charge >= 0.3 is 5.97 Å². The summed E-state index contributed by atoms with van der Waals surface area (Å²) in [5.41, 5.74) is 2.98. The molecule has 208 valence electrons. The van der Waals surface area contributed by atoms with Crippen molar-refractivity contribution < 1.29 is 37.8 Å². The Labute approximate surface area is 222 Å². The van der Waals surface area contributed by atoms with Crippen LogP contribution in [0.2, 0.25) is 0 Å². The highest BCUT2D eigenvalue weighted by Crippen LogP contribution is 2.29. The quantitative estimate of drug-likeness (QED) is 0.341. The predicted octanol–water partition coefficient (Wildman–Crippen LogP) is 2.83. The zero-order valence-corrected chi connectivity index (χ0v) is 22.7. The molecule has 1 aromatic carbocycles. The molecule has 2 heterocycles. The van der Waals surface area contributed by atoms with Gasteiger partial charge in [0.05, 0.1) is 22.8 Å². The van der Waals surface area contributed by atoms with Crippen LogP contribution in [-0.4, -0.2) is 72.1 Å². The van der Waals surface area contributed by atoms with Gasteiger partial charge in [0.2, 0.25) is 10.0 Å². The molecule has 0 aliphatic carbocycles. The maximum Gasteiger partial charge on any atom is 0.354 e. The Balaban J connectivity index is 2.01. The van der Waals surface area contributed by atoms with Crippen molar-refractivity contribution in [3.63, 3.8) is 0 Å². The molecular weight excluding hydrogens is 514 g/mol. The van der Waals surface area contributed by atoms with E-state index in [1.54, 1.807) is 6.92 Å². The van der Waals surface area contributed by atoms with Crippen LogP contribution in [0.4, 0.5) is 0 Å². The Kier molecular flexibility index (Phi) is 9.69. The number of aliphatic hydroxyl groups excluding tert-OH is 1. The number of carbonyl (C=O) groups is 3. The number of aliphatic hydroxyl groups is 1. The van der Waals surface area contributed by atoms with Gasteiger partial charge in [-0.15, -0.1) is 0 Å². The molecule has 1 aromatic heterocycles. The predicted molar refractivity (Wildman–Crippen MR) is 140 cm³/mol. The maximum atomic E-state index is 13.5. The molecule has 0 radical (unpaired) electrons. The summed E-state index contributed by atoms with van der Waals surface area (Å²) in [7, 11) is -3.92. The van der Waals surface area contributed by atoms with E-state index in [0.29, 0.717) is 57.2 Å². The standard InChI is InChI=1S/C26H35N3O8S/c1-4-6-22-21(16-31)17(3)24(26(33)34)29(22)27-25(32)20-15-19(7-8-23(20)37-5-2)38(35,36)28-12-9-18(10-13-28)11-14-30/h7-8,15-16,18,30H,4-6,9-14H2,1-3H3,(H,27,32)(H,33,34).